The van der Waals surface area contributed by atoms with E-state index < -0.39 is 47.5 Å². The minimum absolute atomic E-state index is 0.188. The zero-order valence-electron chi connectivity index (χ0n) is 20.6. The Hall–Kier alpha value is -2.17. The number of esters is 1. The molecule has 2 bridgehead atoms. The summed E-state index contributed by atoms with van der Waals surface area (Å²) in [5.41, 5.74) is 0.470. The number of nitrogens with one attached hydrogen (secondary N) is 1. The van der Waals surface area contributed by atoms with E-state index in [1.54, 1.807) is 13.8 Å². The molecule has 3 aliphatic heterocycles. The number of anilines is 2. The molecule has 0 aromatic heterocycles. The van der Waals surface area contributed by atoms with Crippen LogP contribution in [0, 0.1) is 11.8 Å². The maximum atomic E-state index is 13.7. The Bertz CT molecular complexity index is 970. The van der Waals surface area contributed by atoms with Gasteiger partial charge in [-0.05, 0) is 58.4 Å². The van der Waals surface area contributed by atoms with Crippen molar-refractivity contribution in [2.75, 3.05) is 36.5 Å². The van der Waals surface area contributed by atoms with Gasteiger partial charge in [-0.3, -0.25) is 14.4 Å². The van der Waals surface area contributed by atoms with E-state index in [4.69, 9.17) is 9.47 Å². The van der Waals surface area contributed by atoms with Crippen LogP contribution in [0.25, 0.3) is 0 Å². The van der Waals surface area contributed by atoms with E-state index in [0.717, 1.165) is 18.8 Å². The molecule has 4 rings (SSSR count). The number of likely N-dealkylation sites (tertiary alicyclic amines) is 1. The smallest absolute Gasteiger partial charge is 0.312 e. The summed E-state index contributed by atoms with van der Waals surface area (Å²) in [6, 6.07) is 5.94. The molecule has 2 N–H and O–H groups in total. The third kappa shape index (κ3) is 4.13. The first-order chi connectivity index (χ1) is 16.7. The molecule has 10 heteroatoms. The summed E-state index contributed by atoms with van der Waals surface area (Å²) >= 11 is 3.61. The maximum absolute atomic E-state index is 13.7. The predicted octanol–water partition coefficient (Wildman–Crippen LogP) is 2.16. The zero-order chi connectivity index (χ0) is 25.5. The van der Waals surface area contributed by atoms with Crippen LogP contribution in [0.4, 0.5) is 11.4 Å². The number of hydrogen-bond donors (Lipinski definition) is 2. The molecule has 9 nitrogen and oxygen atoms in total. The van der Waals surface area contributed by atoms with Gasteiger partial charge in [0.05, 0.1) is 37.2 Å². The van der Waals surface area contributed by atoms with Crippen LogP contribution in [0.2, 0.25) is 0 Å². The number of amides is 2. The van der Waals surface area contributed by atoms with E-state index in [0.29, 0.717) is 12.1 Å². The molecule has 1 aromatic carbocycles. The van der Waals surface area contributed by atoms with Gasteiger partial charge in [0.1, 0.15) is 11.6 Å². The normalized spacial score (nSPS) is 31.9. The van der Waals surface area contributed by atoms with Crippen molar-refractivity contribution in [3.05, 3.63) is 24.3 Å². The molecular weight excluding hydrogens is 518 g/mol. The summed E-state index contributed by atoms with van der Waals surface area (Å²) < 4.78 is 11.6. The van der Waals surface area contributed by atoms with E-state index in [2.05, 4.69) is 40.0 Å². The second-order valence-corrected chi connectivity index (χ2v) is 10.6. The number of halogens is 1. The lowest BCUT2D eigenvalue weighted by Gasteiger charge is -2.35. The summed E-state index contributed by atoms with van der Waals surface area (Å²) in [6.45, 7) is 9.18. The minimum Gasteiger partial charge on any atom is -0.466 e. The Morgan fingerprint density at radius 1 is 1.29 bits per heavy atom. The van der Waals surface area contributed by atoms with Crippen molar-refractivity contribution < 1.29 is 29.0 Å². The van der Waals surface area contributed by atoms with Crippen LogP contribution in [-0.2, 0) is 23.9 Å². The number of benzene rings is 1. The average molecular weight is 552 g/mol. The second-order valence-electron chi connectivity index (χ2n) is 9.40. The summed E-state index contributed by atoms with van der Waals surface area (Å²) in [6.07, 6.45) is -0.157. The molecule has 3 fully saturated rings. The lowest BCUT2D eigenvalue weighted by molar-refractivity contribution is -0.155. The maximum Gasteiger partial charge on any atom is 0.312 e. The van der Waals surface area contributed by atoms with Gasteiger partial charge in [0.25, 0.3) is 0 Å². The molecule has 0 aliphatic carbocycles. The van der Waals surface area contributed by atoms with Gasteiger partial charge in [0, 0.05) is 29.3 Å². The molecule has 3 saturated heterocycles. The second kappa shape index (κ2) is 10.1. The fourth-order valence-electron chi connectivity index (χ4n) is 5.99. The lowest BCUT2D eigenvalue weighted by Crippen LogP contribution is -2.56. The van der Waals surface area contributed by atoms with Crippen LogP contribution in [0.3, 0.4) is 0 Å². The Morgan fingerprint density at radius 2 is 1.94 bits per heavy atom. The lowest BCUT2D eigenvalue weighted by atomic mass is 9.70. The van der Waals surface area contributed by atoms with E-state index in [1.165, 1.54) is 4.90 Å². The zero-order valence-corrected chi connectivity index (χ0v) is 22.2. The number of nitrogens with zero attached hydrogens (tertiary/aromatic N) is 2. The van der Waals surface area contributed by atoms with E-state index >= 15 is 0 Å². The molecule has 1 spiro atoms. The van der Waals surface area contributed by atoms with E-state index in [1.807, 2.05) is 24.3 Å². The fraction of sp³-hybridized carbons (Fsp3) is 0.640. The Balaban J connectivity index is 1.66. The number of aliphatic hydroxyl groups is 1. The highest BCUT2D eigenvalue weighted by Gasteiger charge is 2.77. The number of carbonyl (C=O) groups excluding carboxylic acids is 3. The van der Waals surface area contributed by atoms with Gasteiger partial charge in [-0.2, -0.15) is 0 Å². The van der Waals surface area contributed by atoms with Gasteiger partial charge >= 0.3 is 5.97 Å². The predicted molar refractivity (Wildman–Crippen MR) is 134 cm³/mol. The summed E-state index contributed by atoms with van der Waals surface area (Å²) in [4.78, 5) is 43.7. The summed E-state index contributed by atoms with van der Waals surface area (Å²) in [5.74, 6) is -2.90. The highest BCUT2D eigenvalue weighted by atomic mass is 79.9. The number of fused-ring (bicyclic) bond motifs is 1. The van der Waals surface area contributed by atoms with Crippen LogP contribution in [0.1, 0.15) is 34.1 Å². The first kappa shape index (κ1) is 25.9. The quantitative estimate of drug-likeness (QED) is 0.357. The summed E-state index contributed by atoms with van der Waals surface area (Å²) in [5, 5.41) is 12.8. The van der Waals surface area contributed by atoms with Gasteiger partial charge in [-0.25, -0.2) is 0 Å². The molecule has 1 aromatic rings. The molecule has 0 saturated carbocycles. The number of ether oxygens (including phenoxy) is 2. The molecule has 192 valence electrons. The number of alkyl halides is 1. The largest absolute Gasteiger partial charge is 0.466 e. The highest BCUT2D eigenvalue weighted by molar-refractivity contribution is 9.09. The van der Waals surface area contributed by atoms with Crippen LogP contribution in [0.15, 0.2) is 24.3 Å². The van der Waals surface area contributed by atoms with Crippen LogP contribution in [0.5, 0.6) is 0 Å². The number of rotatable bonds is 9. The Kier molecular flexibility index (Phi) is 7.45. The first-order valence-electron chi connectivity index (χ1n) is 12.3. The number of hydrogen-bond acceptors (Lipinski definition) is 7. The monoisotopic (exact) mass is 551 g/mol. The summed E-state index contributed by atoms with van der Waals surface area (Å²) in [7, 11) is 0. The molecule has 3 unspecified atom stereocenters. The third-order valence-electron chi connectivity index (χ3n) is 7.54. The van der Waals surface area contributed by atoms with Crippen molar-refractivity contribution in [2.45, 2.75) is 62.7 Å². The van der Waals surface area contributed by atoms with Crippen LogP contribution < -0.4 is 10.2 Å². The molecule has 3 heterocycles. The fourth-order valence-corrected chi connectivity index (χ4v) is 6.93. The molecular formula is C25H34BrN3O6. The van der Waals surface area contributed by atoms with Gasteiger partial charge in [-0.1, -0.05) is 15.9 Å². The molecule has 2 amide bonds. The Morgan fingerprint density at radius 3 is 2.51 bits per heavy atom. The van der Waals surface area contributed by atoms with Gasteiger partial charge in [-0.15, -0.1) is 0 Å². The van der Waals surface area contributed by atoms with E-state index in [9.17, 15) is 19.5 Å². The van der Waals surface area contributed by atoms with Crippen LogP contribution >= 0.6 is 15.9 Å². The van der Waals surface area contributed by atoms with Crippen molar-refractivity contribution in [3.8, 4) is 0 Å². The van der Waals surface area contributed by atoms with Crippen molar-refractivity contribution in [2.24, 2.45) is 11.8 Å². The minimum atomic E-state index is -1.18. The Labute approximate surface area is 214 Å². The topological polar surface area (TPSA) is 108 Å². The third-order valence-corrected chi connectivity index (χ3v) is 8.38. The standard InChI is InChI=1S/C25H34BrN3O6/c1-5-28(6-2)16-10-8-15(9-11-16)27-22(31)21-25-12-17(26)20(35-25)18(24(33)34-7-3)19(25)23(32)29(21)14(4)13-30/h8-11,14,17-21,30H,5-7,12-13H2,1-4H3,(H,27,31)/t14-,17?,18-,19+,20-,21?,25?/m1/s1. The molecule has 3 aliphatic rings. The highest BCUT2D eigenvalue weighted by Crippen LogP contribution is 2.60. The van der Waals surface area contributed by atoms with Crippen molar-refractivity contribution >= 4 is 45.1 Å². The van der Waals surface area contributed by atoms with Crippen molar-refractivity contribution in [1.29, 1.82) is 0 Å². The van der Waals surface area contributed by atoms with Gasteiger partial charge < -0.3 is 29.7 Å². The van der Waals surface area contributed by atoms with Crippen LogP contribution in [-0.4, -0.2) is 82.7 Å². The molecule has 35 heavy (non-hydrogen) atoms. The van der Waals surface area contributed by atoms with Gasteiger partial charge in [0.2, 0.25) is 11.8 Å². The number of aliphatic hydroxyl groups excluding tert-OH is 1. The van der Waals surface area contributed by atoms with Gasteiger partial charge in [0.15, 0.2) is 0 Å². The van der Waals surface area contributed by atoms with E-state index in [-0.39, 0.29) is 23.9 Å². The SMILES string of the molecule is CCOC(=O)[C@H]1[C@@H]2OC3(CC2Br)C(C(=O)Nc2ccc(N(CC)CC)cc2)N([C@H](C)CO)C(=O)[C@H]13. The average Bonchev–Trinajstić information content (AvgIpc) is 3.44. The molecule has 0 radical (unpaired) electrons. The number of carbonyl (C=O) groups is 3. The van der Waals surface area contributed by atoms with Crippen molar-refractivity contribution in [3.63, 3.8) is 0 Å². The van der Waals surface area contributed by atoms with Crippen molar-refractivity contribution in [1.82, 2.24) is 4.90 Å². The molecule has 7 atom stereocenters. The first-order valence-corrected chi connectivity index (χ1v) is 13.2.